The predicted octanol–water partition coefficient (Wildman–Crippen LogP) is 1.23. The first-order valence-corrected chi connectivity index (χ1v) is 9.30. The van der Waals surface area contributed by atoms with Crippen molar-refractivity contribution >= 4 is 23.4 Å². The number of nitrogens with zero attached hydrogens (tertiary/aromatic N) is 3. The van der Waals surface area contributed by atoms with Crippen LogP contribution in [0, 0.1) is 30.1 Å². The number of rotatable bonds is 4. The number of hydrogen-bond acceptors (Lipinski definition) is 4. The number of piperidine rings is 1. The second-order valence-electron chi connectivity index (χ2n) is 7.22. The lowest BCUT2D eigenvalue weighted by molar-refractivity contribution is -0.139. The van der Waals surface area contributed by atoms with Gasteiger partial charge >= 0.3 is 0 Å². The molecule has 0 radical (unpaired) electrons. The van der Waals surface area contributed by atoms with E-state index >= 15 is 0 Å². The summed E-state index contributed by atoms with van der Waals surface area (Å²) >= 11 is 0. The average molecular weight is 368 g/mol. The molecule has 1 atom stereocenters. The van der Waals surface area contributed by atoms with E-state index in [9.17, 15) is 14.4 Å². The lowest BCUT2D eigenvalue weighted by Gasteiger charge is -2.32. The molecule has 142 valence electrons. The second kappa shape index (κ2) is 8.21. The highest BCUT2D eigenvalue weighted by Crippen LogP contribution is 2.28. The first-order chi connectivity index (χ1) is 13.0. The molecule has 0 bridgehead atoms. The smallest absolute Gasteiger partial charge is 0.228 e. The number of anilines is 1. The molecule has 3 rings (SSSR count). The molecule has 7 nitrogen and oxygen atoms in total. The van der Waals surface area contributed by atoms with Crippen molar-refractivity contribution in [3.8, 4) is 6.07 Å². The van der Waals surface area contributed by atoms with Crippen molar-refractivity contribution in [2.45, 2.75) is 26.2 Å². The van der Waals surface area contributed by atoms with Crippen LogP contribution in [-0.2, 0) is 14.4 Å². The van der Waals surface area contributed by atoms with Gasteiger partial charge in [0.15, 0.2) is 0 Å². The van der Waals surface area contributed by atoms with Gasteiger partial charge in [-0.2, -0.15) is 5.26 Å². The summed E-state index contributed by atoms with van der Waals surface area (Å²) < 4.78 is 0. The molecule has 0 spiro atoms. The fourth-order valence-electron chi connectivity index (χ4n) is 3.74. The van der Waals surface area contributed by atoms with Gasteiger partial charge in [0, 0.05) is 37.7 Å². The van der Waals surface area contributed by atoms with Crippen LogP contribution in [0.15, 0.2) is 24.3 Å². The molecule has 0 saturated carbocycles. The third-order valence-corrected chi connectivity index (χ3v) is 5.34. The van der Waals surface area contributed by atoms with Crippen molar-refractivity contribution in [3.63, 3.8) is 0 Å². The number of benzene rings is 1. The molecular formula is C20H24N4O3. The molecular weight excluding hydrogens is 344 g/mol. The fraction of sp³-hybridized carbons (Fsp3) is 0.500. The lowest BCUT2D eigenvalue weighted by atomic mass is 9.94. The quantitative estimate of drug-likeness (QED) is 0.809. The molecule has 2 aliphatic rings. The predicted molar refractivity (Wildman–Crippen MR) is 99.6 cm³/mol. The Morgan fingerprint density at radius 2 is 1.85 bits per heavy atom. The van der Waals surface area contributed by atoms with Crippen LogP contribution >= 0.6 is 0 Å². The standard InChI is InChI=1S/C20H24N4O3/c1-14-2-4-17(5-3-14)24-13-16(12-18(24)25)20(27)23-10-6-15(7-11-23)19(26)22-9-8-21/h2-5,15-16H,6-7,9-13H2,1H3,(H,22,26). The van der Waals surface area contributed by atoms with Crippen LogP contribution in [0.5, 0.6) is 0 Å². The molecule has 2 heterocycles. The Balaban J connectivity index is 1.55. The highest BCUT2D eigenvalue weighted by atomic mass is 16.2. The number of aryl methyl sites for hydroxylation is 1. The Bertz CT molecular complexity index is 760. The van der Waals surface area contributed by atoms with Crippen LogP contribution in [0.25, 0.3) is 0 Å². The highest BCUT2D eigenvalue weighted by molar-refractivity contribution is 6.00. The highest BCUT2D eigenvalue weighted by Gasteiger charge is 2.38. The number of hydrogen-bond donors (Lipinski definition) is 1. The van der Waals surface area contributed by atoms with Crippen molar-refractivity contribution in [2.24, 2.45) is 11.8 Å². The molecule has 3 amide bonds. The van der Waals surface area contributed by atoms with Gasteiger partial charge in [0.1, 0.15) is 6.54 Å². The molecule has 1 aromatic rings. The number of nitrogens with one attached hydrogen (secondary N) is 1. The SMILES string of the molecule is Cc1ccc(N2CC(C(=O)N3CCC(C(=O)NCC#N)CC3)CC2=O)cc1. The summed E-state index contributed by atoms with van der Waals surface area (Å²) in [5, 5.41) is 11.1. The van der Waals surface area contributed by atoms with Crippen LogP contribution in [0.4, 0.5) is 5.69 Å². The summed E-state index contributed by atoms with van der Waals surface area (Å²) in [5.74, 6) is -0.638. The monoisotopic (exact) mass is 368 g/mol. The van der Waals surface area contributed by atoms with Crippen LogP contribution in [-0.4, -0.2) is 48.8 Å². The number of carbonyl (C=O) groups excluding carboxylic acids is 3. The van der Waals surface area contributed by atoms with E-state index in [0.717, 1.165) is 11.3 Å². The van der Waals surface area contributed by atoms with Gasteiger partial charge in [-0.15, -0.1) is 0 Å². The third-order valence-electron chi connectivity index (χ3n) is 5.34. The van der Waals surface area contributed by atoms with Gasteiger partial charge < -0.3 is 15.1 Å². The Morgan fingerprint density at radius 1 is 1.19 bits per heavy atom. The van der Waals surface area contributed by atoms with Crippen LogP contribution in [0.3, 0.4) is 0 Å². The topological polar surface area (TPSA) is 93.5 Å². The van der Waals surface area contributed by atoms with Gasteiger partial charge in [0.05, 0.1) is 12.0 Å². The van der Waals surface area contributed by atoms with E-state index in [1.165, 1.54) is 0 Å². The third kappa shape index (κ3) is 4.27. The van der Waals surface area contributed by atoms with Crippen molar-refractivity contribution in [1.29, 1.82) is 5.26 Å². The van der Waals surface area contributed by atoms with Gasteiger partial charge in [-0.1, -0.05) is 17.7 Å². The van der Waals surface area contributed by atoms with E-state index in [0.29, 0.717) is 32.5 Å². The molecule has 0 aromatic heterocycles. The molecule has 1 aromatic carbocycles. The van der Waals surface area contributed by atoms with Crippen molar-refractivity contribution in [2.75, 3.05) is 31.1 Å². The molecule has 2 fully saturated rings. The molecule has 2 aliphatic heterocycles. The fourth-order valence-corrected chi connectivity index (χ4v) is 3.74. The maximum atomic E-state index is 12.8. The largest absolute Gasteiger partial charge is 0.343 e. The average Bonchev–Trinajstić information content (AvgIpc) is 3.08. The van der Waals surface area contributed by atoms with Gasteiger partial charge in [-0.3, -0.25) is 14.4 Å². The van der Waals surface area contributed by atoms with Crippen LogP contribution in [0.2, 0.25) is 0 Å². The van der Waals surface area contributed by atoms with E-state index in [4.69, 9.17) is 5.26 Å². The first kappa shape index (κ1) is 18.9. The molecule has 7 heteroatoms. The summed E-state index contributed by atoms with van der Waals surface area (Å²) in [6, 6.07) is 9.63. The first-order valence-electron chi connectivity index (χ1n) is 9.30. The zero-order valence-electron chi connectivity index (χ0n) is 15.5. The normalized spacial score (nSPS) is 20.4. The van der Waals surface area contributed by atoms with Gasteiger partial charge in [0.2, 0.25) is 17.7 Å². The van der Waals surface area contributed by atoms with E-state index < -0.39 is 0 Å². The van der Waals surface area contributed by atoms with Crippen molar-refractivity contribution < 1.29 is 14.4 Å². The van der Waals surface area contributed by atoms with Crippen molar-refractivity contribution in [3.05, 3.63) is 29.8 Å². The van der Waals surface area contributed by atoms with Crippen LogP contribution < -0.4 is 10.2 Å². The van der Waals surface area contributed by atoms with Gasteiger partial charge in [-0.05, 0) is 31.9 Å². The minimum atomic E-state index is -0.331. The minimum absolute atomic E-state index is 0.00570. The molecule has 2 saturated heterocycles. The summed E-state index contributed by atoms with van der Waals surface area (Å²) in [7, 11) is 0. The Hall–Kier alpha value is -2.88. The Labute approximate surface area is 158 Å². The van der Waals surface area contributed by atoms with Crippen molar-refractivity contribution in [1.82, 2.24) is 10.2 Å². The second-order valence-corrected chi connectivity index (χ2v) is 7.22. The lowest BCUT2D eigenvalue weighted by Crippen LogP contribution is -2.45. The molecule has 1 N–H and O–H groups in total. The molecule has 1 unspecified atom stereocenters. The maximum absolute atomic E-state index is 12.8. The van der Waals surface area contributed by atoms with Gasteiger partial charge in [-0.25, -0.2) is 0 Å². The van der Waals surface area contributed by atoms with E-state index in [1.54, 1.807) is 9.80 Å². The Kier molecular flexibility index (Phi) is 5.75. The summed E-state index contributed by atoms with van der Waals surface area (Å²) in [4.78, 5) is 40.6. The summed E-state index contributed by atoms with van der Waals surface area (Å²) in [5.41, 5.74) is 1.95. The minimum Gasteiger partial charge on any atom is -0.343 e. The van der Waals surface area contributed by atoms with Crippen LogP contribution in [0.1, 0.15) is 24.8 Å². The number of amides is 3. The molecule has 27 heavy (non-hydrogen) atoms. The van der Waals surface area contributed by atoms with Gasteiger partial charge in [0.25, 0.3) is 0 Å². The maximum Gasteiger partial charge on any atom is 0.228 e. The Morgan fingerprint density at radius 3 is 2.48 bits per heavy atom. The summed E-state index contributed by atoms with van der Waals surface area (Å²) in [6.45, 7) is 3.43. The van der Waals surface area contributed by atoms with E-state index in [-0.39, 0.29) is 42.5 Å². The number of likely N-dealkylation sites (tertiary alicyclic amines) is 1. The number of nitriles is 1. The molecule has 0 aliphatic carbocycles. The summed E-state index contributed by atoms with van der Waals surface area (Å²) in [6.07, 6.45) is 1.41. The number of carbonyl (C=O) groups is 3. The zero-order valence-corrected chi connectivity index (χ0v) is 15.5. The van der Waals surface area contributed by atoms with E-state index in [2.05, 4.69) is 5.32 Å². The zero-order chi connectivity index (χ0) is 19.4. The van der Waals surface area contributed by atoms with E-state index in [1.807, 2.05) is 37.3 Å².